The summed E-state index contributed by atoms with van der Waals surface area (Å²) in [6.45, 7) is 0. The summed E-state index contributed by atoms with van der Waals surface area (Å²) in [5.41, 5.74) is 2.26. The maximum atomic E-state index is 12.6. The molecule has 0 radical (unpaired) electrons. The van der Waals surface area contributed by atoms with Crippen molar-refractivity contribution in [2.75, 3.05) is 0 Å². The predicted molar refractivity (Wildman–Crippen MR) is 82.4 cm³/mol. The standard InChI is InChI=1S/C19H14O2/c20-18-15-7-3-4-8-16(15)19(21)17(18)14-10-9-12-5-1-2-6-13(12)11-14/h1-11,17-18,20H/t17-,18+/m1/s1. The average molecular weight is 274 g/mol. The Morgan fingerprint density at radius 2 is 1.52 bits per heavy atom. The van der Waals surface area contributed by atoms with E-state index in [4.69, 9.17) is 0 Å². The lowest BCUT2D eigenvalue weighted by Crippen LogP contribution is -2.11. The van der Waals surface area contributed by atoms with Gasteiger partial charge < -0.3 is 5.11 Å². The zero-order valence-electron chi connectivity index (χ0n) is 11.4. The second-order valence-electron chi connectivity index (χ2n) is 5.48. The summed E-state index contributed by atoms with van der Waals surface area (Å²) in [4.78, 5) is 12.6. The average Bonchev–Trinajstić information content (AvgIpc) is 2.79. The number of carbonyl (C=O) groups is 1. The molecule has 0 saturated heterocycles. The number of benzene rings is 3. The van der Waals surface area contributed by atoms with Gasteiger partial charge >= 0.3 is 0 Å². The summed E-state index contributed by atoms with van der Waals surface area (Å²) in [6, 6.07) is 21.3. The monoisotopic (exact) mass is 274 g/mol. The molecule has 4 rings (SSSR count). The molecule has 0 saturated carbocycles. The summed E-state index contributed by atoms with van der Waals surface area (Å²) in [5, 5.41) is 12.7. The Labute approximate surface area is 122 Å². The van der Waals surface area contributed by atoms with Crippen molar-refractivity contribution in [1.82, 2.24) is 0 Å². The SMILES string of the molecule is O=C1c2ccccc2[C@H](O)[C@H]1c1ccc2ccccc2c1. The molecule has 3 aromatic carbocycles. The van der Waals surface area contributed by atoms with Crippen LogP contribution in [0.4, 0.5) is 0 Å². The number of Topliss-reactive ketones (excluding diaryl/α,β-unsaturated/α-hetero) is 1. The number of carbonyl (C=O) groups excluding carboxylic acids is 1. The molecule has 0 unspecified atom stereocenters. The smallest absolute Gasteiger partial charge is 0.173 e. The molecule has 0 fully saturated rings. The second kappa shape index (κ2) is 4.54. The number of aliphatic hydroxyl groups excluding tert-OH is 1. The molecule has 2 nitrogen and oxygen atoms in total. The minimum absolute atomic E-state index is 0.00776. The van der Waals surface area contributed by atoms with Crippen molar-refractivity contribution in [3.63, 3.8) is 0 Å². The normalized spacial score (nSPS) is 20.7. The Balaban J connectivity index is 1.84. The number of hydrogen-bond acceptors (Lipinski definition) is 2. The fourth-order valence-corrected chi connectivity index (χ4v) is 3.20. The van der Waals surface area contributed by atoms with E-state index in [1.54, 1.807) is 6.07 Å². The molecule has 0 amide bonds. The zero-order chi connectivity index (χ0) is 14.4. The third-order valence-corrected chi connectivity index (χ3v) is 4.28. The molecule has 0 bridgehead atoms. The molecular formula is C19H14O2. The van der Waals surface area contributed by atoms with Gasteiger partial charge in [0, 0.05) is 5.56 Å². The number of hydrogen-bond donors (Lipinski definition) is 1. The quantitative estimate of drug-likeness (QED) is 0.731. The van der Waals surface area contributed by atoms with Gasteiger partial charge in [0.05, 0.1) is 12.0 Å². The first kappa shape index (κ1) is 12.3. The van der Waals surface area contributed by atoms with E-state index in [1.807, 2.05) is 60.7 Å². The third-order valence-electron chi connectivity index (χ3n) is 4.28. The highest BCUT2D eigenvalue weighted by Crippen LogP contribution is 2.42. The van der Waals surface area contributed by atoms with E-state index in [1.165, 1.54) is 0 Å². The Morgan fingerprint density at radius 1 is 0.810 bits per heavy atom. The first-order valence-corrected chi connectivity index (χ1v) is 7.05. The molecule has 1 aliphatic rings. The van der Waals surface area contributed by atoms with Crippen LogP contribution in [0.3, 0.4) is 0 Å². The van der Waals surface area contributed by atoms with E-state index in [0.29, 0.717) is 5.56 Å². The summed E-state index contributed by atoms with van der Waals surface area (Å²) in [7, 11) is 0. The second-order valence-corrected chi connectivity index (χ2v) is 5.48. The molecule has 1 aliphatic carbocycles. The van der Waals surface area contributed by atoms with Gasteiger partial charge in [-0.1, -0.05) is 66.7 Å². The van der Waals surface area contributed by atoms with Crippen LogP contribution in [0.1, 0.15) is 33.5 Å². The fraction of sp³-hybridized carbons (Fsp3) is 0.105. The van der Waals surface area contributed by atoms with Gasteiger partial charge in [-0.25, -0.2) is 0 Å². The largest absolute Gasteiger partial charge is 0.387 e. The number of ketones is 1. The van der Waals surface area contributed by atoms with Crippen molar-refractivity contribution >= 4 is 16.6 Å². The van der Waals surface area contributed by atoms with Crippen LogP contribution in [-0.2, 0) is 0 Å². The van der Waals surface area contributed by atoms with E-state index >= 15 is 0 Å². The van der Waals surface area contributed by atoms with Gasteiger partial charge in [-0.15, -0.1) is 0 Å². The van der Waals surface area contributed by atoms with Gasteiger partial charge in [-0.05, 0) is 21.9 Å². The van der Waals surface area contributed by atoms with Crippen LogP contribution in [0.5, 0.6) is 0 Å². The number of rotatable bonds is 1. The minimum atomic E-state index is -0.755. The minimum Gasteiger partial charge on any atom is -0.387 e. The summed E-state index contributed by atoms with van der Waals surface area (Å²) in [6.07, 6.45) is -0.755. The zero-order valence-corrected chi connectivity index (χ0v) is 11.4. The maximum Gasteiger partial charge on any atom is 0.173 e. The van der Waals surface area contributed by atoms with Gasteiger partial charge in [-0.2, -0.15) is 0 Å². The van der Waals surface area contributed by atoms with E-state index in [-0.39, 0.29) is 5.78 Å². The van der Waals surface area contributed by atoms with Crippen molar-refractivity contribution in [2.45, 2.75) is 12.0 Å². The van der Waals surface area contributed by atoms with Crippen LogP contribution < -0.4 is 0 Å². The molecule has 0 aliphatic heterocycles. The van der Waals surface area contributed by atoms with Crippen molar-refractivity contribution in [3.8, 4) is 0 Å². The molecule has 0 aromatic heterocycles. The highest BCUT2D eigenvalue weighted by Gasteiger charge is 2.39. The highest BCUT2D eigenvalue weighted by atomic mass is 16.3. The van der Waals surface area contributed by atoms with Gasteiger partial charge in [0.15, 0.2) is 5.78 Å². The molecule has 21 heavy (non-hydrogen) atoms. The summed E-state index contributed by atoms with van der Waals surface area (Å²) < 4.78 is 0. The fourth-order valence-electron chi connectivity index (χ4n) is 3.20. The van der Waals surface area contributed by atoms with Gasteiger partial charge in [0.25, 0.3) is 0 Å². The van der Waals surface area contributed by atoms with Crippen LogP contribution >= 0.6 is 0 Å². The van der Waals surface area contributed by atoms with E-state index in [0.717, 1.165) is 21.9 Å². The van der Waals surface area contributed by atoms with E-state index in [9.17, 15) is 9.90 Å². The predicted octanol–water partition coefficient (Wildman–Crippen LogP) is 3.85. The Hall–Kier alpha value is -2.45. The Kier molecular flexibility index (Phi) is 2.66. The lowest BCUT2D eigenvalue weighted by molar-refractivity contribution is 0.0872. The summed E-state index contributed by atoms with van der Waals surface area (Å²) in [5.74, 6) is -0.486. The lowest BCUT2D eigenvalue weighted by Gasteiger charge is -2.15. The molecule has 1 N–H and O–H groups in total. The van der Waals surface area contributed by atoms with Crippen molar-refractivity contribution in [1.29, 1.82) is 0 Å². The van der Waals surface area contributed by atoms with Crippen molar-refractivity contribution < 1.29 is 9.90 Å². The summed E-state index contributed by atoms with van der Waals surface area (Å²) >= 11 is 0. The van der Waals surface area contributed by atoms with E-state index < -0.39 is 12.0 Å². The van der Waals surface area contributed by atoms with Crippen molar-refractivity contribution in [2.24, 2.45) is 0 Å². The van der Waals surface area contributed by atoms with Crippen molar-refractivity contribution in [3.05, 3.63) is 83.4 Å². The number of aliphatic hydroxyl groups is 1. The van der Waals surface area contributed by atoms with Gasteiger partial charge in [-0.3, -0.25) is 4.79 Å². The molecule has 0 heterocycles. The molecule has 0 spiro atoms. The van der Waals surface area contributed by atoms with Gasteiger partial charge in [0.1, 0.15) is 0 Å². The van der Waals surface area contributed by atoms with Crippen LogP contribution in [0.25, 0.3) is 10.8 Å². The Bertz CT molecular complexity index is 851. The van der Waals surface area contributed by atoms with Crippen LogP contribution in [0.2, 0.25) is 0 Å². The topological polar surface area (TPSA) is 37.3 Å². The van der Waals surface area contributed by atoms with Crippen LogP contribution in [0, 0.1) is 0 Å². The maximum absolute atomic E-state index is 12.6. The molecular weight excluding hydrogens is 260 g/mol. The van der Waals surface area contributed by atoms with Crippen LogP contribution in [-0.4, -0.2) is 10.9 Å². The lowest BCUT2D eigenvalue weighted by atomic mass is 9.91. The first-order valence-electron chi connectivity index (χ1n) is 7.05. The first-order chi connectivity index (χ1) is 10.3. The van der Waals surface area contributed by atoms with Gasteiger partial charge in [0.2, 0.25) is 0 Å². The molecule has 102 valence electrons. The molecule has 2 atom stereocenters. The third kappa shape index (κ3) is 1.80. The highest BCUT2D eigenvalue weighted by molar-refractivity contribution is 6.06. The molecule has 2 heteroatoms. The van der Waals surface area contributed by atoms with E-state index in [2.05, 4.69) is 0 Å². The molecule has 3 aromatic rings. The number of fused-ring (bicyclic) bond motifs is 2. The van der Waals surface area contributed by atoms with Crippen LogP contribution in [0.15, 0.2) is 66.7 Å². The Morgan fingerprint density at radius 3 is 2.33 bits per heavy atom.